The molecule has 22 heavy (non-hydrogen) atoms. The molecular weight excluding hydrogens is 282 g/mol. The number of carbonyl (C=O) groups is 3. The summed E-state index contributed by atoms with van der Waals surface area (Å²) in [6, 6.07) is 8.95. The van der Waals surface area contributed by atoms with E-state index in [1.807, 2.05) is 12.1 Å². The summed E-state index contributed by atoms with van der Waals surface area (Å²) in [7, 11) is 0. The van der Waals surface area contributed by atoms with Gasteiger partial charge < -0.3 is 4.84 Å². The Kier molecular flexibility index (Phi) is 3.63. The van der Waals surface area contributed by atoms with Crippen LogP contribution in [0.4, 0.5) is 0 Å². The van der Waals surface area contributed by atoms with Gasteiger partial charge in [0.05, 0.1) is 11.1 Å². The van der Waals surface area contributed by atoms with E-state index in [0.717, 1.165) is 30.2 Å². The zero-order valence-corrected chi connectivity index (χ0v) is 12.2. The van der Waals surface area contributed by atoms with Crippen molar-refractivity contribution in [2.24, 2.45) is 0 Å². The highest BCUT2D eigenvalue weighted by Gasteiger charge is 2.35. The molecule has 0 saturated carbocycles. The Labute approximate surface area is 127 Å². The molecule has 3 rings (SSSR count). The van der Waals surface area contributed by atoms with Crippen LogP contribution in [0, 0.1) is 0 Å². The minimum absolute atomic E-state index is 0.0799. The Balaban J connectivity index is 2.22. The summed E-state index contributed by atoms with van der Waals surface area (Å²) in [5.41, 5.74) is 1.88. The Morgan fingerprint density at radius 3 is 2.50 bits per heavy atom. The predicted octanol–water partition coefficient (Wildman–Crippen LogP) is 2.87. The van der Waals surface area contributed by atoms with Crippen LogP contribution >= 0.6 is 0 Å². The molecule has 2 amide bonds. The van der Waals surface area contributed by atoms with Crippen molar-refractivity contribution >= 4 is 29.1 Å². The molecule has 1 aliphatic heterocycles. The quantitative estimate of drug-likeness (QED) is 0.629. The minimum atomic E-state index is -0.608. The fourth-order valence-electron chi connectivity index (χ4n) is 2.86. The van der Waals surface area contributed by atoms with Crippen LogP contribution < -0.4 is 0 Å². The first-order chi connectivity index (χ1) is 10.7. The SMILES string of the molecule is CCCCc1ccc2c3c(cccc13)C(=O)N(OC=O)C2=O. The van der Waals surface area contributed by atoms with Gasteiger partial charge in [-0.15, -0.1) is 0 Å². The summed E-state index contributed by atoms with van der Waals surface area (Å²) in [6.45, 7) is 2.20. The maximum Gasteiger partial charge on any atom is 0.321 e. The zero-order valence-electron chi connectivity index (χ0n) is 12.2. The number of aryl methyl sites for hydroxylation is 1. The molecule has 2 aromatic rings. The van der Waals surface area contributed by atoms with Gasteiger partial charge in [0.2, 0.25) is 0 Å². The van der Waals surface area contributed by atoms with E-state index in [2.05, 4.69) is 11.8 Å². The summed E-state index contributed by atoms with van der Waals surface area (Å²) in [4.78, 5) is 39.8. The van der Waals surface area contributed by atoms with Crippen LogP contribution in [-0.2, 0) is 16.1 Å². The lowest BCUT2D eigenvalue weighted by Crippen LogP contribution is -2.40. The normalized spacial score (nSPS) is 13.6. The second kappa shape index (κ2) is 5.60. The van der Waals surface area contributed by atoms with Gasteiger partial charge in [0, 0.05) is 5.39 Å². The average Bonchev–Trinajstić information content (AvgIpc) is 2.54. The number of rotatable bonds is 5. The largest absolute Gasteiger partial charge is 0.333 e. The van der Waals surface area contributed by atoms with Gasteiger partial charge in [0.25, 0.3) is 11.8 Å². The van der Waals surface area contributed by atoms with E-state index in [0.29, 0.717) is 21.6 Å². The van der Waals surface area contributed by atoms with Crippen molar-refractivity contribution in [1.82, 2.24) is 5.06 Å². The fraction of sp³-hybridized carbons (Fsp3) is 0.235. The van der Waals surface area contributed by atoms with Crippen molar-refractivity contribution in [3.05, 3.63) is 47.0 Å². The van der Waals surface area contributed by atoms with Crippen molar-refractivity contribution in [3.63, 3.8) is 0 Å². The Bertz CT molecular complexity index is 759. The summed E-state index contributed by atoms with van der Waals surface area (Å²) < 4.78 is 0. The molecule has 1 aliphatic rings. The number of unbranched alkanes of at least 4 members (excludes halogenated alkanes) is 1. The van der Waals surface area contributed by atoms with E-state index in [-0.39, 0.29) is 6.47 Å². The van der Waals surface area contributed by atoms with Gasteiger partial charge in [-0.25, -0.2) is 0 Å². The van der Waals surface area contributed by atoms with Crippen molar-refractivity contribution < 1.29 is 19.2 Å². The third kappa shape index (κ3) is 2.06. The summed E-state index contributed by atoms with van der Waals surface area (Å²) >= 11 is 0. The molecule has 0 unspecified atom stereocenters. The van der Waals surface area contributed by atoms with Gasteiger partial charge in [-0.05, 0) is 35.9 Å². The van der Waals surface area contributed by atoms with Gasteiger partial charge in [0.15, 0.2) is 0 Å². The highest BCUT2D eigenvalue weighted by atomic mass is 16.7. The predicted molar refractivity (Wildman–Crippen MR) is 80.2 cm³/mol. The number of benzene rings is 2. The van der Waals surface area contributed by atoms with E-state index >= 15 is 0 Å². The number of carbonyl (C=O) groups excluding carboxylic acids is 3. The lowest BCUT2D eigenvalue weighted by molar-refractivity contribution is -0.152. The Morgan fingerprint density at radius 2 is 1.82 bits per heavy atom. The Morgan fingerprint density at radius 1 is 1.09 bits per heavy atom. The molecule has 0 bridgehead atoms. The van der Waals surface area contributed by atoms with Crippen molar-refractivity contribution in [2.45, 2.75) is 26.2 Å². The molecule has 2 aromatic carbocycles. The van der Waals surface area contributed by atoms with Crippen LogP contribution in [0.25, 0.3) is 10.8 Å². The molecule has 112 valence electrons. The molecule has 0 N–H and O–H groups in total. The molecule has 0 spiro atoms. The van der Waals surface area contributed by atoms with Crippen LogP contribution in [0.2, 0.25) is 0 Å². The molecule has 0 fully saturated rings. The average molecular weight is 297 g/mol. The molecule has 1 heterocycles. The lowest BCUT2D eigenvalue weighted by atomic mass is 9.90. The number of hydrogen-bond acceptors (Lipinski definition) is 4. The highest BCUT2D eigenvalue weighted by molar-refractivity contribution is 6.25. The van der Waals surface area contributed by atoms with Gasteiger partial charge in [-0.3, -0.25) is 14.4 Å². The highest BCUT2D eigenvalue weighted by Crippen LogP contribution is 2.32. The van der Waals surface area contributed by atoms with Crippen molar-refractivity contribution in [1.29, 1.82) is 0 Å². The molecule has 0 saturated heterocycles. The maximum absolute atomic E-state index is 12.4. The van der Waals surface area contributed by atoms with E-state index in [1.165, 1.54) is 0 Å². The first kappa shape index (κ1) is 14.3. The maximum atomic E-state index is 12.4. The van der Waals surface area contributed by atoms with Crippen LogP contribution in [0.1, 0.15) is 46.0 Å². The lowest BCUT2D eigenvalue weighted by Gasteiger charge is -2.24. The second-order valence-electron chi connectivity index (χ2n) is 5.21. The van der Waals surface area contributed by atoms with Crippen LogP contribution in [0.5, 0.6) is 0 Å². The van der Waals surface area contributed by atoms with Gasteiger partial charge in [-0.2, -0.15) is 0 Å². The monoisotopic (exact) mass is 297 g/mol. The van der Waals surface area contributed by atoms with Gasteiger partial charge in [-0.1, -0.05) is 36.6 Å². The molecule has 0 aromatic heterocycles. The number of amides is 2. The number of hydroxylamine groups is 2. The summed E-state index contributed by atoms with van der Waals surface area (Å²) in [5.74, 6) is -1.22. The van der Waals surface area contributed by atoms with E-state index in [9.17, 15) is 14.4 Å². The summed E-state index contributed by atoms with van der Waals surface area (Å²) in [5, 5.41) is 2.07. The topological polar surface area (TPSA) is 63.7 Å². The van der Waals surface area contributed by atoms with Crippen LogP contribution in [0.15, 0.2) is 30.3 Å². The zero-order chi connectivity index (χ0) is 15.7. The Hall–Kier alpha value is -2.69. The van der Waals surface area contributed by atoms with Crippen molar-refractivity contribution in [3.8, 4) is 0 Å². The molecule has 5 heteroatoms. The van der Waals surface area contributed by atoms with Gasteiger partial charge >= 0.3 is 6.47 Å². The third-order valence-corrected chi connectivity index (χ3v) is 3.91. The van der Waals surface area contributed by atoms with Gasteiger partial charge in [0.1, 0.15) is 0 Å². The number of hydrogen-bond donors (Lipinski definition) is 0. The molecule has 5 nitrogen and oxygen atoms in total. The second-order valence-corrected chi connectivity index (χ2v) is 5.21. The smallest absolute Gasteiger partial charge is 0.321 e. The molecule has 0 atom stereocenters. The standard InChI is InChI=1S/C17H15NO4/c1-2-3-5-11-8-9-14-15-12(11)6-4-7-13(15)16(20)18(17(14)21)22-10-19/h4,6-10H,2-3,5H2,1H3. The van der Waals surface area contributed by atoms with E-state index in [4.69, 9.17) is 0 Å². The number of nitrogens with zero attached hydrogens (tertiary/aromatic N) is 1. The van der Waals surface area contributed by atoms with Crippen LogP contribution in [-0.4, -0.2) is 23.3 Å². The van der Waals surface area contributed by atoms with E-state index < -0.39 is 11.8 Å². The fourth-order valence-corrected chi connectivity index (χ4v) is 2.86. The number of imide groups is 1. The minimum Gasteiger partial charge on any atom is -0.333 e. The van der Waals surface area contributed by atoms with E-state index in [1.54, 1.807) is 18.2 Å². The van der Waals surface area contributed by atoms with Crippen LogP contribution in [0.3, 0.4) is 0 Å². The third-order valence-electron chi connectivity index (χ3n) is 3.91. The van der Waals surface area contributed by atoms with Crippen molar-refractivity contribution in [2.75, 3.05) is 0 Å². The molecule has 0 radical (unpaired) electrons. The summed E-state index contributed by atoms with van der Waals surface area (Å²) in [6.07, 6.45) is 3.01. The molecular formula is C17H15NO4. The first-order valence-corrected chi connectivity index (χ1v) is 7.22. The molecule has 0 aliphatic carbocycles. The first-order valence-electron chi connectivity index (χ1n) is 7.22.